The fraction of sp³-hybridized carbons (Fsp3) is 0.211. The highest BCUT2D eigenvalue weighted by atomic mass is 32.2. The van der Waals surface area contributed by atoms with Crippen molar-refractivity contribution in [1.29, 1.82) is 0 Å². The Hall–Kier alpha value is -2.81. The molecular formula is C19H15F3N2O3S. The second-order valence-electron chi connectivity index (χ2n) is 5.65. The molecule has 146 valence electrons. The van der Waals surface area contributed by atoms with E-state index in [-0.39, 0.29) is 22.1 Å². The number of carbonyl (C=O) groups excluding carboxylic acids is 1. The van der Waals surface area contributed by atoms with Crippen LogP contribution in [0.3, 0.4) is 0 Å². The summed E-state index contributed by atoms with van der Waals surface area (Å²) in [7, 11) is 2.93. The minimum atomic E-state index is -4.67. The zero-order chi connectivity index (χ0) is 20.3. The van der Waals surface area contributed by atoms with Crippen molar-refractivity contribution in [3.05, 3.63) is 53.9 Å². The van der Waals surface area contributed by atoms with Gasteiger partial charge in [-0.15, -0.1) is 0 Å². The Kier molecular flexibility index (Phi) is 5.73. The lowest BCUT2D eigenvalue weighted by Crippen LogP contribution is -2.12. The molecule has 5 nitrogen and oxygen atoms in total. The smallest absolute Gasteiger partial charge is 0.451 e. The maximum atomic E-state index is 13.1. The van der Waals surface area contributed by atoms with Gasteiger partial charge in [0.15, 0.2) is 17.3 Å². The first kappa shape index (κ1) is 19.9. The van der Waals surface area contributed by atoms with E-state index in [1.54, 1.807) is 30.3 Å². The van der Waals surface area contributed by atoms with Gasteiger partial charge in [-0.2, -0.15) is 13.2 Å². The number of fused-ring (bicyclic) bond motifs is 1. The SMILES string of the molecule is COc1ccc(C(=O)CSc2nc(C(F)(F)F)nc3ccccc23)cc1OC. The summed E-state index contributed by atoms with van der Waals surface area (Å²) in [5, 5.41) is 0.562. The van der Waals surface area contributed by atoms with Crippen molar-refractivity contribution in [1.82, 2.24) is 9.97 Å². The molecule has 0 N–H and O–H groups in total. The highest BCUT2D eigenvalue weighted by molar-refractivity contribution is 8.00. The third kappa shape index (κ3) is 4.19. The highest BCUT2D eigenvalue weighted by Gasteiger charge is 2.35. The molecule has 28 heavy (non-hydrogen) atoms. The Balaban J connectivity index is 1.88. The Morgan fingerprint density at radius 2 is 1.75 bits per heavy atom. The number of ketones is 1. The monoisotopic (exact) mass is 408 g/mol. The molecule has 9 heteroatoms. The van der Waals surface area contributed by atoms with Gasteiger partial charge in [0.2, 0.25) is 5.82 Å². The van der Waals surface area contributed by atoms with E-state index >= 15 is 0 Å². The third-order valence-electron chi connectivity index (χ3n) is 3.87. The second kappa shape index (κ2) is 8.05. The van der Waals surface area contributed by atoms with Gasteiger partial charge >= 0.3 is 6.18 Å². The van der Waals surface area contributed by atoms with Crippen molar-refractivity contribution in [2.75, 3.05) is 20.0 Å². The van der Waals surface area contributed by atoms with Crippen molar-refractivity contribution in [3.8, 4) is 11.5 Å². The Morgan fingerprint density at radius 1 is 1.04 bits per heavy atom. The van der Waals surface area contributed by atoms with Crippen molar-refractivity contribution < 1.29 is 27.4 Å². The molecule has 0 bridgehead atoms. The molecule has 2 aromatic carbocycles. The number of methoxy groups -OCH3 is 2. The number of thioether (sulfide) groups is 1. The molecule has 0 saturated carbocycles. The molecule has 0 atom stereocenters. The molecule has 0 fully saturated rings. The number of para-hydroxylation sites is 1. The van der Waals surface area contributed by atoms with Crippen LogP contribution in [-0.2, 0) is 6.18 Å². The number of carbonyl (C=O) groups is 1. The average molecular weight is 408 g/mol. The number of Topliss-reactive ketones (excluding diaryl/α,β-unsaturated/α-hetero) is 1. The summed E-state index contributed by atoms with van der Waals surface area (Å²) >= 11 is 0.934. The number of benzene rings is 2. The summed E-state index contributed by atoms with van der Waals surface area (Å²) in [5.41, 5.74) is 0.533. The number of nitrogens with zero attached hydrogens (tertiary/aromatic N) is 2. The minimum absolute atomic E-state index is 0.0895. The highest BCUT2D eigenvalue weighted by Crippen LogP contribution is 2.33. The number of hydrogen-bond acceptors (Lipinski definition) is 6. The van der Waals surface area contributed by atoms with Crippen LogP contribution in [0.2, 0.25) is 0 Å². The third-order valence-corrected chi connectivity index (χ3v) is 4.86. The standard InChI is InChI=1S/C19H15F3N2O3S/c1-26-15-8-7-11(9-16(15)27-2)14(25)10-28-17-12-5-3-4-6-13(12)23-18(24-17)19(20,21)22/h3-9H,10H2,1-2H3. The summed E-state index contributed by atoms with van der Waals surface area (Å²) in [6.45, 7) is 0. The second-order valence-corrected chi connectivity index (χ2v) is 6.61. The van der Waals surface area contributed by atoms with E-state index in [1.165, 1.54) is 26.4 Å². The van der Waals surface area contributed by atoms with E-state index in [9.17, 15) is 18.0 Å². The lowest BCUT2D eigenvalue weighted by Gasteiger charge is -2.11. The molecule has 3 aromatic rings. The molecule has 0 radical (unpaired) electrons. The zero-order valence-electron chi connectivity index (χ0n) is 14.9. The zero-order valence-corrected chi connectivity index (χ0v) is 15.7. The molecule has 0 spiro atoms. The van der Waals surface area contributed by atoms with Crippen LogP contribution in [0.5, 0.6) is 11.5 Å². The lowest BCUT2D eigenvalue weighted by molar-refractivity contribution is -0.145. The van der Waals surface area contributed by atoms with Crippen molar-refractivity contribution in [2.24, 2.45) is 0 Å². The number of halogens is 3. The first-order valence-electron chi connectivity index (χ1n) is 8.05. The molecule has 1 heterocycles. The Morgan fingerprint density at radius 3 is 2.43 bits per heavy atom. The van der Waals surface area contributed by atoms with Crippen molar-refractivity contribution in [3.63, 3.8) is 0 Å². The molecule has 0 aliphatic heterocycles. The number of ether oxygens (including phenoxy) is 2. The molecule has 0 aliphatic rings. The minimum Gasteiger partial charge on any atom is -0.493 e. The summed E-state index contributed by atoms with van der Waals surface area (Å²) in [6.07, 6.45) is -4.67. The fourth-order valence-corrected chi connectivity index (χ4v) is 3.42. The normalized spacial score (nSPS) is 11.5. The van der Waals surface area contributed by atoms with E-state index in [4.69, 9.17) is 9.47 Å². The van der Waals surface area contributed by atoms with Gasteiger partial charge in [-0.3, -0.25) is 4.79 Å². The maximum Gasteiger partial charge on any atom is 0.451 e. The van der Waals surface area contributed by atoms with E-state index < -0.39 is 12.0 Å². The molecule has 0 amide bonds. The predicted molar refractivity (Wildman–Crippen MR) is 99.1 cm³/mol. The Labute approximate surface area is 162 Å². The Bertz CT molecular complexity index is 1020. The molecule has 0 saturated heterocycles. The van der Waals surface area contributed by atoms with E-state index in [2.05, 4.69) is 9.97 Å². The van der Waals surface area contributed by atoms with E-state index in [1.807, 2.05) is 0 Å². The van der Waals surface area contributed by atoms with Gasteiger partial charge in [-0.1, -0.05) is 30.0 Å². The number of rotatable bonds is 6. The largest absolute Gasteiger partial charge is 0.493 e. The van der Waals surface area contributed by atoms with Gasteiger partial charge in [0.25, 0.3) is 0 Å². The topological polar surface area (TPSA) is 61.3 Å². The lowest BCUT2D eigenvalue weighted by atomic mass is 10.1. The van der Waals surface area contributed by atoms with Crippen LogP contribution < -0.4 is 9.47 Å². The summed E-state index contributed by atoms with van der Waals surface area (Å²) in [4.78, 5) is 19.7. The van der Waals surface area contributed by atoms with Crippen LogP contribution in [0.4, 0.5) is 13.2 Å². The molecule has 3 rings (SSSR count). The van der Waals surface area contributed by atoms with Crippen LogP contribution in [0.1, 0.15) is 16.2 Å². The quantitative estimate of drug-likeness (QED) is 0.336. The number of aromatic nitrogens is 2. The first-order valence-corrected chi connectivity index (χ1v) is 9.04. The van der Waals surface area contributed by atoms with E-state index in [0.717, 1.165) is 11.8 Å². The number of alkyl halides is 3. The average Bonchev–Trinajstić information content (AvgIpc) is 2.70. The first-order chi connectivity index (χ1) is 13.3. The summed E-state index contributed by atoms with van der Waals surface area (Å²) in [5.74, 6) is -0.726. The van der Waals surface area contributed by atoms with Crippen LogP contribution in [0, 0.1) is 0 Å². The van der Waals surface area contributed by atoms with Crippen molar-refractivity contribution >= 4 is 28.4 Å². The van der Waals surface area contributed by atoms with Crippen LogP contribution >= 0.6 is 11.8 Å². The van der Waals surface area contributed by atoms with E-state index in [0.29, 0.717) is 22.4 Å². The molecule has 0 unspecified atom stereocenters. The van der Waals surface area contributed by atoms with Gasteiger partial charge in [-0.25, -0.2) is 9.97 Å². The molecular weight excluding hydrogens is 393 g/mol. The maximum absolute atomic E-state index is 13.1. The van der Waals surface area contributed by atoms with Gasteiger partial charge in [0, 0.05) is 10.9 Å². The van der Waals surface area contributed by atoms with Crippen LogP contribution in [-0.4, -0.2) is 35.7 Å². The van der Waals surface area contributed by atoms with Crippen molar-refractivity contribution in [2.45, 2.75) is 11.2 Å². The number of hydrogen-bond donors (Lipinski definition) is 0. The molecule has 1 aromatic heterocycles. The van der Waals surface area contributed by atoms with Gasteiger partial charge in [-0.05, 0) is 24.3 Å². The van der Waals surface area contributed by atoms with Gasteiger partial charge in [0.05, 0.1) is 25.5 Å². The fourth-order valence-electron chi connectivity index (χ4n) is 2.51. The summed E-state index contributed by atoms with van der Waals surface area (Å²) < 4.78 is 49.6. The predicted octanol–water partition coefficient (Wildman–Crippen LogP) is 4.64. The van der Waals surface area contributed by atoms with Crippen LogP contribution in [0.15, 0.2) is 47.5 Å². The summed E-state index contributed by atoms with van der Waals surface area (Å²) in [6, 6.07) is 11.1. The van der Waals surface area contributed by atoms with Gasteiger partial charge < -0.3 is 9.47 Å². The van der Waals surface area contributed by atoms with Crippen LogP contribution in [0.25, 0.3) is 10.9 Å². The van der Waals surface area contributed by atoms with Gasteiger partial charge in [0.1, 0.15) is 5.03 Å². The molecule has 0 aliphatic carbocycles.